The molecule has 2 aromatic carbocycles. The van der Waals surface area contributed by atoms with E-state index in [1.54, 1.807) is 0 Å². The predicted molar refractivity (Wildman–Crippen MR) is 93.9 cm³/mol. The van der Waals surface area contributed by atoms with Crippen LogP contribution in [0.5, 0.6) is 5.75 Å². The maximum absolute atomic E-state index is 5.91. The Morgan fingerprint density at radius 2 is 1.73 bits per heavy atom. The van der Waals surface area contributed by atoms with Gasteiger partial charge in [0.1, 0.15) is 12.4 Å². The summed E-state index contributed by atoms with van der Waals surface area (Å²) in [7, 11) is 0. The van der Waals surface area contributed by atoms with Crippen molar-refractivity contribution in [3.05, 3.63) is 65.2 Å². The third-order valence-electron chi connectivity index (χ3n) is 3.80. The van der Waals surface area contributed by atoms with Crippen molar-refractivity contribution in [1.29, 1.82) is 0 Å². The fourth-order valence-electron chi connectivity index (χ4n) is 2.33. The molecule has 2 nitrogen and oxygen atoms in total. The Morgan fingerprint density at radius 1 is 0.955 bits per heavy atom. The zero-order valence-electron chi connectivity index (χ0n) is 13.4. The summed E-state index contributed by atoms with van der Waals surface area (Å²) in [6.07, 6.45) is 0. The van der Waals surface area contributed by atoms with E-state index in [9.17, 15) is 0 Å². The average Bonchev–Trinajstić information content (AvgIpc) is 2.52. The molecule has 0 amide bonds. The number of rotatable bonds is 8. The first-order valence-electron chi connectivity index (χ1n) is 7.71. The van der Waals surface area contributed by atoms with Crippen molar-refractivity contribution in [2.45, 2.75) is 20.4 Å². The van der Waals surface area contributed by atoms with Gasteiger partial charge in [-0.1, -0.05) is 36.4 Å². The van der Waals surface area contributed by atoms with Crippen LogP contribution in [0.3, 0.4) is 0 Å². The molecule has 0 saturated heterocycles. The molecule has 0 saturated carbocycles. The maximum Gasteiger partial charge on any atom is 0.119 e. The van der Waals surface area contributed by atoms with Crippen LogP contribution in [0, 0.1) is 13.8 Å². The highest BCUT2D eigenvalue weighted by Gasteiger charge is 2.06. The van der Waals surface area contributed by atoms with Gasteiger partial charge in [0.05, 0.1) is 0 Å². The van der Waals surface area contributed by atoms with Crippen molar-refractivity contribution < 1.29 is 4.74 Å². The Hall–Kier alpha value is -1.51. The molecule has 0 radical (unpaired) electrons. The summed E-state index contributed by atoms with van der Waals surface area (Å²) in [5.41, 5.74) is 3.86. The third-order valence-corrected chi connectivity index (χ3v) is 3.97. The number of alkyl halides is 1. The lowest BCUT2D eigenvalue weighted by Gasteiger charge is -2.21. The number of aryl methyl sites for hydroxylation is 2. The highest BCUT2D eigenvalue weighted by Crippen LogP contribution is 2.16. The number of hydrogen-bond acceptors (Lipinski definition) is 2. The van der Waals surface area contributed by atoms with Crippen molar-refractivity contribution in [3.63, 3.8) is 0 Å². The molecule has 0 spiro atoms. The molecular weight excluding hydrogens is 294 g/mol. The highest BCUT2D eigenvalue weighted by atomic mass is 35.5. The number of hydrogen-bond donors (Lipinski definition) is 0. The average molecular weight is 318 g/mol. The minimum Gasteiger partial charge on any atom is -0.492 e. The molecule has 0 aliphatic heterocycles. The van der Waals surface area contributed by atoms with E-state index in [0.29, 0.717) is 12.5 Å². The second kappa shape index (κ2) is 8.82. The van der Waals surface area contributed by atoms with Crippen LogP contribution in [0.25, 0.3) is 0 Å². The Morgan fingerprint density at radius 3 is 2.41 bits per heavy atom. The van der Waals surface area contributed by atoms with Crippen LogP contribution >= 0.6 is 11.6 Å². The van der Waals surface area contributed by atoms with E-state index in [1.165, 1.54) is 16.7 Å². The molecule has 0 unspecified atom stereocenters. The Kier molecular flexibility index (Phi) is 6.75. The molecule has 0 fully saturated rings. The first kappa shape index (κ1) is 16.9. The first-order valence-corrected chi connectivity index (χ1v) is 8.25. The smallest absolute Gasteiger partial charge is 0.119 e. The van der Waals surface area contributed by atoms with E-state index in [2.05, 4.69) is 55.1 Å². The van der Waals surface area contributed by atoms with Gasteiger partial charge in [-0.15, -0.1) is 11.6 Å². The molecule has 118 valence electrons. The Labute approximate surface area is 138 Å². The summed E-state index contributed by atoms with van der Waals surface area (Å²) in [6.45, 7) is 7.54. The van der Waals surface area contributed by atoms with Gasteiger partial charge in [0.15, 0.2) is 0 Å². The van der Waals surface area contributed by atoms with E-state index in [4.69, 9.17) is 16.3 Å². The molecule has 0 heterocycles. The van der Waals surface area contributed by atoms with Crippen molar-refractivity contribution in [2.24, 2.45) is 0 Å². The summed E-state index contributed by atoms with van der Waals surface area (Å²) < 4.78 is 5.87. The number of halogens is 1. The first-order chi connectivity index (χ1) is 10.7. The molecule has 0 N–H and O–H groups in total. The van der Waals surface area contributed by atoms with Crippen LogP contribution in [0.1, 0.15) is 16.7 Å². The van der Waals surface area contributed by atoms with Gasteiger partial charge in [0.2, 0.25) is 0 Å². The maximum atomic E-state index is 5.91. The SMILES string of the molecule is Cc1ccc(OCCN(CCCl)Cc2ccccc2)cc1C. The van der Waals surface area contributed by atoms with Gasteiger partial charge >= 0.3 is 0 Å². The Balaban J connectivity index is 1.84. The predicted octanol–water partition coefficient (Wildman–Crippen LogP) is 4.42. The molecular formula is C19H24ClNO. The van der Waals surface area contributed by atoms with Gasteiger partial charge in [-0.05, 0) is 42.7 Å². The molecule has 3 heteroatoms. The van der Waals surface area contributed by atoms with Crippen molar-refractivity contribution >= 4 is 11.6 Å². The van der Waals surface area contributed by atoms with Crippen LogP contribution in [-0.2, 0) is 6.54 Å². The monoisotopic (exact) mass is 317 g/mol. The molecule has 0 aliphatic rings. The van der Waals surface area contributed by atoms with Gasteiger partial charge in [-0.3, -0.25) is 4.90 Å². The van der Waals surface area contributed by atoms with Gasteiger partial charge in [0.25, 0.3) is 0 Å². The van der Waals surface area contributed by atoms with E-state index < -0.39 is 0 Å². The van der Waals surface area contributed by atoms with E-state index in [-0.39, 0.29) is 0 Å². The summed E-state index contributed by atoms with van der Waals surface area (Å²) >= 11 is 5.91. The molecule has 2 aromatic rings. The summed E-state index contributed by atoms with van der Waals surface area (Å²) in [4.78, 5) is 2.32. The molecule has 0 bridgehead atoms. The van der Waals surface area contributed by atoms with Crippen LogP contribution < -0.4 is 4.74 Å². The van der Waals surface area contributed by atoms with E-state index in [1.807, 2.05) is 12.1 Å². The zero-order chi connectivity index (χ0) is 15.8. The van der Waals surface area contributed by atoms with Crippen molar-refractivity contribution in [1.82, 2.24) is 4.90 Å². The fourth-order valence-corrected chi connectivity index (χ4v) is 2.57. The molecule has 22 heavy (non-hydrogen) atoms. The second-order valence-electron chi connectivity index (χ2n) is 5.55. The van der Waals surface area contributed by atoms with E-state index in [0.717, 1.165) is 25.4 Å². The van der Waals surface area contributed by atoms with Gasteiger partial charge in [0, 0.05) is 25.5 Å². The summed E-state index contributed by atoms with van der Waals surface area (Å²) in [5, 5.41) is 0. The minimum absolute atomic E-state index is 0.635. The molecule has 0 aromatic heterocycles. The standard InChI is InChI=1S/C19H24ClNO/c1-16-8-9-19(14-17(16)2)22-13-12-21(11-10-20)15-18-6-4-3-5-7-18/h3-9,14H,10-13,15H2,1-2H3. The van der Waals surface area contributed by atoms with Crippen molar-refractivity contribution in [2.75, 3.05) is 25.6 Å². The summed E-state index contributed by atoms with van der Waals surface area (Å²) in [6, 6.07) is 16.7. The quantitative estimate of drug-likeness (QED) is 0.668. The number of nitrogens with zero attached hydrogens (tertiary/aromatic N) is 1. The number of ether oxygens (including phenoxy) is 1. The van der Waals surface area contributed by atoms with Gasteiger partial charge in [-0.25, -0.2) is 0 Å². The van der Waals surface area contributed by atoms with Crippen LogP contribution in [0.2, 0.25) is 0 Å². The van der Waals surface area contributed by atoms with Crippen LogP contribution in [0.15, 0.2) is 48.5 Å². The third kappa shape index (κ3) is 5.36. The Bertz CT molecular complexity index is 571. The minimum atomic E-state index is 0.635. The van der Waals surface area contributed by atoms with Crippen LogP contribution in [-0.4, -0.2) is 30.5 Å². The number of benzene rings is 2. The summed E-state index contributed by atoms with van der Waals surface area (Å²) in [5.74, 6) is 1.57. The molecule has 2 rings (SSSR count). The van der Waals surface area contributed by atoms with Gasteiger partial charge in [-0.2, -0.15) is 0 Å². The lowest BCUT2D eigenvalue weighted by atomic mass is 10.1. The normalized spacial score (nSPS) is 10.9. The largest absolute Gasteiger partial charge is 0.492 e. The fraction of sp³-hybridized carbons (Fsp3) is 0.368. The highest BCUT2D eigenvalue weighted by molar-refractivity contribution is 6.18. The topological polar surface area (TPSA) is 12.5 Å². The van der Waals surface area contributed by atoms with E-state index >= 15 is 0 Å². The lowest BCUT2D eigenvalue weighted by molar-refractivity contribution is 0.211. The molecule has 0 atom stereocenters. The van der Waals surface area contributed by atoms with Crippen LogP contribution in [0.4, 0.5) is 0 Å². The lowest BCUT2D eigenvalue weighted by Crippen LogP contribution is -2.29. The zero-order valence-corrected chi connectivity index (χ0v) is 14.1. The second-order valence-corrected chi connectivity index (χ2v) is 5.92. The van der Waals surface area contributed by atoms with Gasteiger partial charge < -0.3 is 4.74 Å². The molecule has 0 aliphatic carbocycles. The van der Waals surface area contributed by atoms with Crippen molar-refractivity contribution in [3.8, 4) is 5.75 Å².